The average molecular weight is 261 g/mol. The lowest BCUT2D eigenvalue weighted by Crippen LogP contribution is -2.36. The highest BCUT2D eigenvalue weighted by atomic mass is 16.5. The Morgan fingerprint density at radius 1 is 1.58 bits per heavy atom. The van der Waals surface area contributed by atoms with Crippen molar-refractivity contribution in [2.45, 2.75) is 26.5 Å². The average Bonchev–Trinajstić information content (AvgIpc) is 2.39. The molecule has 0 radical (unpaired) electrons. The van der Waals surface area contributed by atoms with Crippen LogP contribution in [-0.4, -0.2) is 30.6 Å². The van der Waals surface area contributed by atoms with Crippen LogP contribution in [0, 0.1) is 19.3 Å². The van der Waals surface area contributed by atoms with Gasteiger partial charge < -0.3 is 15.4 Å². The molecule has 0 fully saturated rings. The minimum atomic E-state index is -0.617. The summed E-state index contributed by atoms with van der Waals surface area (Å²) >= 11 is 0. The maximum atomic E-state index is 11.7. The van der Waals surface area contributed by atoms with E-state index in [0.29, 0.717) is 12.3 Å². The zero-order valence-corrected chi connectivity index (χ0v) is 11.5. The van der Waals surface area contributed by atoms with Crippen LogP contribution < -0.4 is 15.4 Å². The maximum absolute atomic E-state index is 11.7. The van der Waals surface area contributed by atoms with Crippen LogP contribution >= 0.6 is 0 Å². The van der Waals surface area contributed by atoms with Crippen molar-refractivity contribution in [2.75, 3.05) is 13.6 Å². The van der Waals surface area contributed by atoms with Crippen molar-refractivity contribution < 1.29 is 9.53 Å². The molecular weight excluding hydrogens is 242 g/mol. The molecule has 0 aliphatic heterocycles. The molecule has 0 saturated heterocycles. The van der Waals surface area contributed by atoms with E-state index in [1.54, 1.807) is 6.92 Å². The number of nitrogens with one attached hydrogen (secondary N) is 2. The number of rotatable bonds is 6. The number of carbonyl (C=O) groups is 1. The van der Waals surface area contributed by atoms with Gasteiger partial charge in [-0.2, -0.15) is 0 Å². The van der Waals surface area contributed by atoms with Crippen molar-refractivity contribution in [1.82, 2.24) is 15.6 Å². The Balaban J connectivity index is 2.75. The minimum absolute atomic E-state index is 0.196. The highest BCUT2D eigenvalue weighted by Gasteiger charge is 2.16. The highest BCUT2D eigenvalue weighted by molar-refractivity contribution is 5.80. The first-order chi connectivity index (χ1) is 9.08. The molecule has 1 amide bonds. The third kappa shape index (κ3) is 4.60. The van der Waals surface area contributed by atoms with Crippen molar-refractivity contribution in [3.63, 3.8) is 0 Å². The molecule has 0 aliphatic rings. The lowest BCUT2D eigenvalue weighted by molar-refractivity contribution is -0.127. The van der Waals surface area contributed by atoms with Gasteiger partial charge in [-0.25, -0.2) is 0 Å². The topological polar surface area (TPSA) is 63.2 Å². The third-order valence-corrected chi connectivity index (χ3v) is 2.45. The van der Waals surface area contributed by atoms with Gasteiger partial charge in [-0.15, -0.1) is 6.42 Å². The number of hydrogen-bond donors (Lipinski definition) is 2. The molecule has 0 spiro atoms. The summed E-state index contributed by atoms with van der Waals surface area (Å²) in [5.41, 5.74) is 1.68. The molecule has 1 aromatic heterocycles. The summed E-state index contributed by atoms with van der Waals surface area (Å²) in [5.74, 6) is 2.71. The zero-order chi connectivity index (χ0) is 14.3. The van der Waals surface area contributed by atoms with E-state index >= 15 is 0 Å². The van der Waals surface area contributed by atoms with Crippen molar-refractivity contribution in [3.05, 3.63) is 23.5 Å². The van der Waals surface area contributed by atoms with Gasteiger partial charge in [0.1, 0.15) is 5.75 Å². The van der Waals surface area contributed by atoms with Gasteiger partial charge in [-0.1, -0.05) is 5.92 Å². The van der Waals surface area contributed by atoms with Gasteiger partial charge in [-0.3, -0.25) is 9.78 Å². The molecule has 2 N–H and O–H groups in total. The van der Waals surface area contributed by atoms with Crippen LogP contribution in [0.3, 0.4) is 0 Å². The first-order valence-corrected chi connectivity index (χ1v) is 6.07. The first kappa shape index (κ1) is 15.0. The van der Waals surface area contributed by atoms with Crippen LogP contribution in [-0.2, 0) is 11.3 Å². The Labute approximate surface area is 113 Å². The standard InChI is InChI=1S/C14H19N3O2/c1-5-8-16-14(18)11(3)19-13-7-6-10(2)17-12(13)9-15-4/h1,6-7,11,15H,8-9H2,2-4H3,(H,16,18). The third-order valence-electron chi connectivity index (χ3n) is 2.45. The van der Waals surface area contributed by atoms with Gasteiger partial charge in [0, 0.05) is 12.2 Å². The molecule has 1 heterocycles. The number of terminal acetylenes is 1. The smallest absolute Gasteiger partial charge is 0.261 e. The molecule has 0 saturated carbocycles. The fourth-order valence-electron chi connectivity index (χ4n) is 1.52. The molecule has 5 nitrogen and oxygen atoms in total. The van der Waals surface area contributed by atoms with E-state index in [1.165, 1.54) is 0 Å². The lowest BCUT2D eigenvalue weighted by Gasteiger charge is -2.16. The summed E-state index contributed by atoms with van der Waals surface area (Å²) in [6, 6.07) is 3.67. The van der Waals surface area contributed by atoms with Crippen molar-refractivity contribution >= 4 is 5.91 Å². The second kappa shape index (κ2) is 7.39. The van der Waals surface area contributed by atoms with E-state index in [0.717, 1.165) is 11.4 Å². The van der Waals surface area contributed by atoms with Crippen molar-refractivity contribution in [3.8, 4) is 18.1 Å². The normalized spacial score (nSPS) is 11.5. The molecule has 0 bridgehead atoms. The van der Waals surface area contributed by atoms with E-state index in [4.69, 9.17) is 11.2 Å². The number of amides is 1. The number of aryl methyl sites for hydroxylation is 1. The Hall–Kier alpha value is -2.06. The molecule has 19 heavy (non-hydrogen) atoms. The van der Waals surface area contributed by atoms with E-state index < -0.39 is 6.10 Å². The Kier molecular flexibility index (Phi) is 5.83. The summed E-state index contributed by atoms with van der Waals surface area (Å²) in [6.07, 6.45) is 4.47. The molecule has 0 aliphatic carbocycles. The van der Waals surface area contributed by atoms with E-state index in [9.17, 15) is 4.79 Å². The fourth-order valence-corrected chi connectivity index (χ4v) is 1.52. The van der Waals surface area contributed by atoms with Gasteiger partial charge in [0.15, 0.2) is 6.10 Å². The van der Waals surface area contributed by atoms with Crippen LogP contribution in [0.2, 0.25) is 0 Å². The largest absolute Gasteiger partial charge is 0.479 e. The van der Waals surface area contributed by atoms with Gasteiger partial charge in [0.2, 0.25) is 0 Å². The summed E-state index contributed by atoms with van der Waals surface area (Å²) in [7, 11) is 1.83. The number of ether oxygens (including phenoxy) is 1. The van der Waals surface area contributed by atoms with E-state index in [1.807, 2.05) is 26.1 Å². The van der Waals surface area contributed by atoms with Gasteiger partial charge >= 0.3 is 0 Å². The second-order valence-electron chi connectivity index (χ2n) is 4.11. The number of aromatic nitrogens is 1. The number of nitrogens with zero attached hydrogens (tertiary/aromatic N) is 1. The van der Waals surface area contributed by atoms with Crippen LogP contribution in [0.5, 0.6) is 5.75 Å². The Bertz CT molecular complexity index is 480. The van der Waals surface area contributed by atoms with Gasteiger partial charge in [0.25, 0.3) is 5.91 Å². The number of hydrogen-bond acceptors (Lipinski definition) is 4. The highest BCUT2D eigenvalue weighted by Crippen LogP contribution is 2.18. The molecule has 1 unspecified atom stereocenters. The Morgan fingerprint density at radius 3 is 2.95 bits per heavy atom. The van der Waals surface area contributed by atoms with Crippen LogP contribution in [0.1, 0.15) is 18.3 Å². The predicted molar refractivity (Wildman–Crippen MR) is 73.7 cm³/mol. The van der Waals surface area contributed by atoms with Crippen molar-refractivity contribution in [1.29, 1.82) is 0 Å². The SMILES string of the molecule is C#CCNC(=O)C(C)Oc1ccc(C)nc1CNC. The second-order valence-corrected chi connectivity index (χ2v) is 4.11. The molecule has 1 aromatic rings. The summed E-state index contributed by atoms with van der Waals surface area (Å²) in [4.78, 5) is 16.1. The predicted octanol–water partition coefficient (Wildman–Crippen LogP) is 0.626. The monoisotopic (exact) mass is 261 g/mol. The number of pyridine rings is 1. The lowest BCUT2D eigenvalue weighted by atomic mass is 10.2. The minimum Gasteiger partial charge on any atom is -0.479 e. The van der Waals surface area contributed by atoms with Crippen LogP contribution in [0.4, 0.5) is 0 Å². The molecule has 0 aromatic carbocycles. The van der Waals surface area contributed by atoms with Crippen molar-refractivity contribution in [2.24, 2.45) is 0 Å². The number of carbonyl (C=O) groups excluding carboxylic acids is 1. The van der Waals surface area contributed by atoms with Gasteiger partial charge in [-0.05, 0) is 33.0 Å². The molecule has 1 rings (SSSR count). The zero-order valence-electron chi connectivity index (χ0n) is 11.5. The summed E-state index contributed by atoms with van der Waals surface area (Å²) in [6.45, 7) is 4.36. The fraction of sp³-hybridized carbons (Fsp3) is 0.429. The molecule has 102 valence electrons. The molecule has 1 atom stereocenters. The maximum Gasteiger partial charge on any atom is 0.261 e. The summed E-state index contributed by atoms with van der Waals surface area (Å²) < 4.78 is 5.63. The quantitative estimate of drug-likeness (QED) is 0.737. The van der Waals surface area contributed by atoms with E-state index in [-0.39, 0.29) is 12.5 Å². The van der Waals surface area contributed by atoms with Gasteiger partial charge in [0.05, 0.1) is 12.2 Å². The summed E-state index contributed by atoms with van der Waals surface area (Å²) in [5, 5.41) is 5.60. The molecular formula is C14H19N3O2. The first-order valence-electron chi connectivity index (χ1n) is 6.07. The Morgan fingerprint density at radius 2 is 2.32 bits per heavy atom. The van der Waals surface area contributed by atoms with Crippen LogP contribution in [0.25, 0.3) is 0 Å². The molecule has 5 heteroatoms. The van der Waals surface area contributed by atoms with Crippen LogP contribution in [0.15, 0.2) is 12.1 Å². The van der Waals surface area contributed by atoms with E-state index in [2.05, 4.69) is 21.5 Å².